The molecule has 0 bridgehead atoms. The standard InChI is InChI=1S/C24H35N5O3S/c1-3-18(2)25-21(30)17-27-13-15-28(16-14-27)22(31)11-5-4-8-12-29-23(32)19-9-6-7-10-20(19)26-24(29)33/h6-7,9-10,18H,3-5,8,11-17H2,1-2H3,(H,25,30)(H,26,33). The third-order valence-electron chi connectivity index (χ3n) is 6.27. The molecule has 1 saturated heterocycles. The van der Waals surface area contributed by atoms with Crippen molar-refractivity contribution < 1.29 is 9.59 Å². The van der Waals surface area contributed by atoms with E-state index in [-0.39, 0.29) is 23.4 Å². The first-order valence-electron chi connectivity index (χ1n) is 11.9. The molecule has 1 atom stereocenters. The van der Waals surface area contributed by atoms with E-state index >= 15 is 0 Å². The number of H-pyrrole nitrogens is 1. The minimum Gasteiger partial charge on any atom is -0.353 e. The predicted molar refractivity (Wildman–Crippen MR) is 133 cm³/mol. The lowest BCUT2D eigenvalue weighted by atomic mass is 10.1. The zero-order chi connectivity index (χ0) is 23.8. The summed E-state index contributed by atoms with van der Waals surface area (Å²) >= 11 is 5.35. The van der Waals surface area contributed by atoms with Gasteiger partial charge in [-0.2, -0.15) is 0 Å². The zero-order valence-corrected chi connectivity index (χ0v) is 20.5. The number of carbonyl (C=O) groups is 2. The molecule has 33 heavy (non-hydrogen) atoms. The smallest absolute Gasteiger partial charge is 0.262 e. The third-order valence-corrected chi connectivity index (χ3v) is 6.60. The first kappa shape index (κ1) is 25.1. The summed E-state index contributed by atoms with van der Waals surface area (Å²) in [5.74, 6) is 0.216. The Bertz CT molecular complexity index is 1070. The highest BCUT2D eigenvalue weighted by molar-refractivity contribution is 7.71. The highest BCUT2D eigenvalue weighted by Crippen LogP contribution is 2.10. The number of para-hydroxylation sites is 1. The van der Waals surface area contributed by atoms with Crippen molar-refractivity contribution in [3.8, 4) is 0 Å². The molecule has 1 aromatic heterocycles. The van der Waals surface area contributed by atoms with Gasteiger partial charge in [-0.05, 0) is 50.5 Å². The Morgan fingerprint density at radius 3 is 2.58 bits per heavy atom. The van der Waals surface area contributed by atoms with Gasteiger partial charge in [0.15, 0.2) is 4.77 Å². The summed E-state index contributed by atoms with van der Waals surface area (Å²) in [5.41, 5.74) is 0.687. The van der Waals surface area contributed by atoms with E-state index in [0.29, 0.717) is 42.8 Å². The Kier molecular flexibility index (Phi) is 9.20. The number of benzene rings is 1. The number of amides is 2. The maximum absolute atomic E-state index is 12.7. The van der Waals surface area contributed by atoms with Crippen molar-refractivity contribution in [2.45, 2.75) is 58.5 Å². The SMILES string of the molecule is CCC(C)NC(=O)CN1CCN(C(=O)CCCCCn2c(=S)[nH]c3ccccc3c2=O)CC1. The molecule has 0 radical (unpaired) electrons. The monoisotopic (exact) mass is 473 g/mol. The van der Waals surface area contributed by atoms with Crippen molar-refractivity contribution in [2.24, 2.45) is 0 Å². The van der Waals surface area contributed by atoms with Gasteiger partial charge in [0.25, 0.3) is 5.56 Å². The van der Waals surface area contributed by atoms with Gasteiger partial charge in [-0.25, -0.2) is 0 Å². The molecule has 0 aliphatic carbocycles. The summed E-state index contributed by atoms with van der Waals surface area (Å²) in [6, 6.07) is 7.56. The second-order valence-electron chi connectivity index (χ2n) is 8.78. The summed E-state index contributed by atoms with van der Waals surface area (Å²) in [4.78, 5) is 44.4. The number of hydrogen-bond acceptors (Lipinski definition) is 5. The van der Waals surface area contributed by atoms with Crippen LogP contribution >= 0.6 is 12.2 Å². The molecule has 2 N–H and O–H groups in total. The molecule has 1 aliphatic heterocycles. The van der Waals surface area contributed by atoms with E-state index in [1.54, 1.807) is 10.6 Å². The number of carbonyl (C=O) groups excluding carboxylic acids is 2. The summed E-state index contributed by atoms with van der Waals surface area (Å²) < 4.78 is 2.04. The lowest BCUT2D eigenvalue weighted by molar-refractivity contribution is -0.133. The molecule has 1 aliphatic rings. The largest absolute Gasteiger partial charge is 0.353 e. The number of rotatable bonds is 10. The minimum absolute atomic E-state index is 0.0504. The van der Waals surface area contributed by atoms with Gasteiger partial charge in [0.05, 0.1) is 17.4 Å². The van der Waals surface area contributed by atoms with Crippen molar-refractivity contribution in [2.75, 3.05) is 32.7 Å². The molecule has 3 rings (SSSR count). The number of unbranched alkanes of at least 4 members (excludes halogenated alkanes) is 2. The molecule has 2 heterocycles. The van der Waals surface area contributed by atoms with Gasteiger partial charge in [-0.15, -0.1) is 0 Å². The summed E-state index contributed by atoms with van der Waals surface area (Å²) in [7, 11) is 0. The van der Waals surface area contributed by atoms with Crippen LogP contribution in [0.15, 0.2) is 29.1 Å². The van der Waals surface area contributed by atoms with Crippen LogP contribution < -0.4 is 10.9 Å². The van der Waals surface area contributed by atoms with Gasteiger partial charge < -0.3 is 15.2 Å². The van der Waals surface area contributed by atoms with E-state index in [9.17, 15) is 14.4 Å². The number of fused-ring (bicyclic) bond motifs is 1. The molecule has 2 aromatic rings. The highest BCUT2D eigenvalue weighted by Gasteiger charge is 2.22. The molecule has 8 nitrogen and oxygen atoms in total. The van der Waals surface area contributed by atoms with Crippen LogP contribution in [0.5, 0.6) is 0 Å². The molecule has 1 fully saturated rings. The number of aromatic nitrogens is 2. The topological polar surface area (TPSA) is 90.4 Å². The van der Waals surface area contributed by atoms with Gasteiger partial charge in [0, 0.05) is 45.2 Å². The van der Waals surface area contributed by atoms with Crippen molar-refractivity contribution >= 4 is 34.9 Å². The Hall–Kier alpha value is -2.52. The summed E-state index contributed by atoms with van der Waals surface area (Å²) in [6.45, 7) is 7.77. The van der Waals surface area contributed by atoms with Crippen molar-refractivity contribution in [1.29, 1.82) is 0 Å². The van der Waals surface area contributed by atoms with Crippen LogP contribution in [0, 0.1) is 4.77 Å². The van der Waals surface area contributed by atoms with E-state index in [1.807, 2.05) is 36.9 Å². The second kappa shape index (κ2) is 12.1. The van der Waals surface area contributed by atoms with E-state index in [0.717, 1.165) is 44.3 Å². The number of nitrogens with zero attached hydrogens (tertiary/aromatic N) is 3. The molecule has 1 aromatic carbocycles. The average Bonchev–Trinajstić information content (AvgIpc) is 2.80. The number of aromatic amines is 1. The maximum atomic E-state index is 12.7. The predicted octanol–water partition coefficient (Wildman–Crippen LogP) is 2.68. The maximum Gasteiger partial charge on any atom is 0.262 e. The van der Waals surface area contributed by atoms with Crippen LogP contribution in [0.4, 0.5) is 0 Å². The normalized spacial score (nSPS) is 15.5. The lowest BCUT2D eigenvalue weighted by Gasteiger charge is -2.34. The molecule has 9 heteroatoms. The molecule has 0 spiro atoms. The van der Waals surface area contributed by atoms with Gasteiger partial charge in [0.1, 0.15) is 0 Å². The molecular formula is C24H35N5O3S. The van der Waals surface area contributed by atoms with Crippen molar-refractivity contribution in [1.82, 2.24) is 24.7 Å². The molecule has 1 unspecified atom stereocenters. The van der Waals surface area contributed by atoms with E-state index < -0.39 is 0 Å². The van der Waals surface area contributed by atoms with Gasteiger partial charge >= 0.3 is 0 Å². The van der Waals surface area contributed by atoms with Crippen LogP contribution in [-0.2, 0) is 16.1 Å². The quantitative estimate of drug-likeness (QED) is 0.409. The average molecular weight is 474 g/mol. The van der Waals surface area contributed by atoms with Gasteiger partial charge in [-0.1, -0.05) is 25.5 Å². The van der Waals surface area contributed by atoms with Crippen LogP contribution in [-0.4, -0.2) is 69.9 Å². The number of hydrogen-bond donors (Lipinski definition) is 2. The third kappa shape index (κ3) is 6.98. The molecule has 0 saturated carbocycles. The Balaban J connectivity index is 1.36. The zero-order valence-electron chi connectivity index (χ0n) is 19.6. The molecule has 180 valence electrons. The minimum atomic E-state index is -0.0684. The fraction of sp³-hybridized carbons (Fsp3) is 0.583. The van der Waals surface area contributed by atoms with Crippen molar-refractivity contribution in [3.05, 3.63) is 39.4 Å². The fourth-order valence-electron chi connectivity index (χ4n) is 4.06. The second-order valence-corrected chi connectivity index (χ2v) is 9.16. The fourth-order valence-corrected chi connectivity index (χ4v) is 4.35. The number of nitrogens with one attached hydrogen (secondary N) is 2. The summed E-state index contributed by atoms with van der Waals surface area (Å²) in [6.07, 6.45) is 3.86. The van der Waals surface area contributed by atoms with E-state index in [4.69, 9.17) is 12.2 Å². The van der Waals surface area contributed by atoms with E-state index in [1.165, 1.54) is 0 Å². The van der Waals surface area contributed by atoms with Gasteiger partial charge in [0.2, 0.25) is 11.8 Å². The lowest BCUT2D eigenvalue weighted by Crippen LogP contribution is -2.51. The van der Waals surface area contributed by atoms with Crippen molar-refractivity contribution in [3.63, 3.8) is 0 Å². The van der Waals surface area contributed by atoms with Crippen LogP contribution in [0.3, 0.4) is 0 Å². The first-order chi connectivity index (χ1) is 15.9. The van der Waals surface area contributed by atoms with E-state index in [2.05, 4.69) is 15.2 Å². The molecular weight excluding hydrogens is 438 g/mol. The highest BCUT2D eigenvalue weighted by atomic mass is 32.1. The Morgan fingerprint density at radius 1 is 1.12 bits per heavy atom. The summed E-state index contributed by atoms with van der Waals surface area (Å²) in [5, 5.41) is 3.62. The molecule has 2 amide bonds. The Morgan fingerprint density at radius 2 is 1.85 bits per heavy atom. The van der Waals surface area contributed by atoms with Crippen LogP contribution in [0.25, 0.3) is 10.9 Å². The van der Waals surface area contributed by atoms with Gasteiger partial charge in [-0.3, -0.25) is 23.9 Å². The number of piperazine rings is 1. The van der Waals surface area contributed by atoms with Crippen LogP contribution in [0.2, 0.25) is 0 Å². The van der Waals surface area contributed by atoms with Crippen LogP contribution in [0.1, 0.15) is 46.0 Å². The first-order valence-corrected chi connectivity index (χ1v) is 12.3. The Labute approximate surface area is 200 Å².